The first-order valence-electron chi connectivity index (χ1n) is 14.9. The molecule has 1 aromatic rings. The van der Waals surface area contributed by atoms with Crippen LogP contribution in [-0.4, -0.2) is 86.0 Å². The molecule has 1 aromatic carbocycles. The lowest BCUT2D eigenvalue weighted by Crippen LogP contribution is -2.59. The maximum absolute atomic E-state index is 14.1. The second kappa shape index (κ2) is 14.5. The first-order chi connectivity index (χ1) is 19.1. The van der Waals surface area contributed by atoms with Crippen LogP contribution in [0.3, 0.4) is 0 Å². The Morgan fingerprint density at radius 2 is 1.73 bits per heavy atom. The van der Waals surface area contributed by atoms with E-state index in [1.807, 2.05) is 26.2 Å². The van der Waals surface area contributed by atoms with Gasteiger partial charge in [0.2, 0.25) is 11.8 Å². The molecule has 230 valence electrons. The van der Waals surface area contributed by atoms with Crippen molar-refractivity contribution < 1.29 is 19.1 Å². The zero-order chi connectivity index (χ0) is 31.1. The Hall–Kier alpha value is -2.71. The van der Waals surface area contributed by atoms with Crippen molar-refractivity contribution in [3.05, 3.63) is 47.5 Å². The number of likely N-dealkylation sites (N-methyl/N-ethyl adjacent to an activating group) is 2. The maximum atomic E-state index is 14.1. The predicted octanol–water partition coefficient (Wildman–Crippen LogP) is 4.15. The van der Waals surface area contributed by atoms with Crippen molar-refractivity contribution in [1.29, 1.82) is 0 Å². The highest BCUT2D eigenvalue weighted by Gasteiger charge is 2.39. The van der Waals surface area contributed by atoms with E-state index in [2.05, 4.69) is 83.4 Å². The van der Waals surface area contributed by atoms with Gasteiger partial charge in [-0.3, -0.25) is 9.59 Å². The Bertz CT molecular complexity index is 1060. The Morgan fingerprint density at radius 1 is 1.12 bits per heavy atom. The standard InChI is InChI=1S/C33H54N4O4/c1-22(2)26(20-23(3)29(38)37-19-15-18-25(37)31(40)41-11)36(10)30(39)28(32(4,5)6)35-21-27(34-9)33(7,8)24-16-13-12-14-17-24/h12-14,16-17,20,22,25-28,34-35H,15,18-19,21H2,1-11H3/b23-20+/t25-,26+,27+,28+/m0/s1. The molecular weight excluding hydrogens is 516 g/mol. The molecule has 0 bridgehead atoms. The zero-order valence-corrected chi connectivity index (χ0v) is 27.2. The van der Waals surface area contributed by atoms with Crippen LogP contribution >= 0.6 is 0 Å². The number of hydrogen-bond donors (Lipinski definition) is 2. The molecule has 4 atom stereocenters. The van der Waals surface area contributed by atoms with Gasteiger partial charge in [0.1, 0.15) is 6.04 Å². The number of esters is 1. The number of carbonyl (C=O) groups excluding carboxylic acids is 3. The number of methoxy groups -OCH3 is 1. The Labute approximate surface area is 248 Å². The lowest BCUT2D eigenvalue weighted by molar-refractivity contribution is -0.149. The molecule has 0 unspecified atom stereocenters. The van der Waals surface area contributed by atoms with E-state index in [1.165, 1.54) is 12.7 Å². The summed E-state index contributed by atoms with van der Waals surface area (Å²) in [4.78, 5) is 43.1. The minimum Gasteiger partial charge on any atom is -0.467 e. The number of rotatable bonds is 12. The van der Waals surface area contributed by atoms with E-state index in [4.69, 9.17) is 4.74 Å². The molecule has 0 aromatic heterocycles. The van der Waals surface area contributed by atoms with E-state index in [0.29, 0.717) is 25.1 Å². The molecule has 0 spiro atoms. The number of likely N-dealkylation sites (tertiary alicyclic amines) is 1. The monoisotopic (exact) mass is 570 g/mol. The summed E-state index contributed by atoms with van der Waals surface area (Å²) in [5.74, 6) is -0.515. The summed E-state index contributed by atoms with van der Waals surface area (Å²) in [6.45, 7) is 17.6. The summed E-state index contributed by atoms with van der Waals surface area (Å²) in [7, 11) is 5.13. The quantitative estimate of drug-likeness (QED) is 0.290. The maximum Gasteiger partial charge on any atom is 0.328 e. The van der Waals surface area contributed by atoms with Crippen LogP contribution in [0.2, 0.25) is 0 Å². The fourth-order valence-electron chi connectivity index (χ4n) is 5.83. The summed E-state index contributed by atoms with van der Waals surface area (Å²) in [6.07, 6.45) is 3.25. The van der Waals surface area contributed by atoms with Gasteiger partial charge in [0, 0.05) is 37.2 Å². The van der Waals surface area contributed by atoms with E-state index in [9.17, 15) is 14.4 Å². The highest BCUT2D eigenvalue weighted by molar-refractivity contribution is 5.96. The van der Waals surface area contributed by atoms with Crippen molar-refractivity contribution in [2.24, 2.45) is 11.3 Å². The third-order valence-corrected chi connectivity index (χ3v) is 8.60. The van der Waals surface area contributed by atoms with Gasteiger partial charge in [-0.1, -0.05) is 84.9 Å². The molecule has 41 heavy (non-hydrogen) atoms. The normalized spacial score (nSPS) is 18.7. The zero-order valence-electron chi connectivity index (χ0n) is 27.2. The first kappa shape index (κ1) is 34.5. The number of carbonyl (C=O) groups is 3. The number of hydrogen-bond acceptors (Lipinski definition) is 6. The molecular formula is C33H54N4O4. The van der Waals surface area contributed by atoms with Gasteiger partial charge in [0.25, 0.3) is 0 Å². The average Bonchev–Trinajstić information content (AvgIpc) is 3.42. The molecule has 1 saturated heterocycles. The summed E-state index contributed by atoms with van der Waals surface area (Å²) in [5.41, 5.74) is 1.24. The number of benzene rings is 1. The van der Waals surface area contributed by atoms with E-state index in [1.54, 1.807) is 16.7 Å². The second-order valence-corrected chi connectivity index (χ2v) is 13.3. The summed E-state index contributed by atoms with van der Waals surface area (Å²) in [5, 5.41) is 7.07. The van der Waals surface area contributed by atoms with Gasteiger partial charge in [0.05, 0.1) is 19.2 Å². The van der Waals surface area contributed by atoms with Crippen LogP contribution < -0.4 is 10.6 Å². The molecule has 2 N–H and O–H groups in total. The first-order valence-corrected chi connectivity index (χ1v) is 14.9. The van der Waals surface area contributed by atoms with Crippen molar-refractivity contribution in [1.82, 2.24) is 20.4 Å². The topological polar surface area (TPSA) is 91.0 Å². The molecule has 0 radical (unpaired) electrons. The average molecular weight is 571 g/mol. The molecule has 2 rings (SSSR count). The minimum absolute atomic E-state index is 0.0197. The van der Waals surface area contributed by atoms with Crippen molar-refractivity contribution in [2.45, 2.75) is 97.8 Å². The number of amides is 2. The van der Waals surface area contributed by atoms with Crippen molar-refractivity contribution in [2.75, 3.05) is 34.3 Å². The van der Waals surface area contributed by atoms with E-state index in [-0.39, 0.29) is 46.6 Å². The summed E-state index contributed by atoms with van der Waals surface area (Å²) in [6, 6.07) is 9.21. The lowest BCUT2D eigenvalue weighted by atomic mass is 9.77. The van der Waals surface area contributed by atoms with Crippen LogP contribution in [0.4, 0.5) is 0 Å². The number of nitrogens with zero attached hydrogens (tertiary/aromatic N) is 2. The molecule has 1 fully saturated rings. The van der Waals surface area contributed by atoms with Crippen molar-refractivity contribution in [3.8, 4) is 0 Å². The van der Waals surface area contributed by atoms with Crippen molar-refractivity contribution >= 4 is 17.8 Å². The van der Waals surface area contributed by atoms with E-state index < -0.39 is 12.1 Å². The number of nitrogens with one attached hydrogen (secondary N) is 2. The third kappa shape index (κ3) is 8.41. The Balaban J connectivity index is 2.27. The van der Waals surface area contributed by atoms with Crippen LogP contribution in [0.1, 0.15) is 73.8 Å². The fraction of sp³-hybridized carbons (Fsp3) is 0.667. The molecule has 1 heterocycles. The van der Waals surface area contributed by atoms with E-state index >= 15 is 0 Å². The van der Waals surface area contributed by atoms with Gasteiger partial charge in [-0.2, -0.15) is 0 Å². The molecule has 1 aliphatic rings. The van der Waals surface area contributed by atoms with Crippen LogP contribution in [0.15, 0.2) is 42.0 Å². The Kier molecular flexibility index (Phi) is 12.2. The molecule has 8 nitrogen and oxygen atoms in total. The molecule has 0 saturated carbocycles. The number of ether oxygens (including phenoxy) is 1. The molecule has 8 heteroatoms. The highest BCUT2D eigenvalue weighted by atomic mass is 16.5. The molecule has 2 amide bonds. The van der Waals surface area contributed by atoms with Crippen molar-refractivity contribution in [3.63, 3.8) is 0 Å². The van der Waals surface area contributed by atoms with Gasteiger partial charge >= 0.3 is 5.97 Å². The van der Waals surface area contributed by atoms with Crippen LogP contribution in [0.25, 0.3) is 0 Å². The van der Waals surface area contributed by atoms with Crippen LogP contribution in [-0.2, 0) is 24.5 Å². The SMILES string of the molecule is CN[C@H](CN[C@H](C(=O)N(C)[C@H](/C=C(\C)C(=O)N1CCC[C@H]1C(=O)OC)C(C)C)C(C)(C)C)C(C)(C)c1ccccc1. The lowest BCUT2D eigenvalue weighted by Gasteiger charge is -2.40. The predicted molar refractivity (Wildman–Crippen MR) is 165 cm³/mol. The van der Waals surface area contributed by atoms with E-state index in [0.717, 1.165) is 6.42 Å². The summed E-state index contributed by atoms with van der Waals surface area (Å²) < 4.78 is 4.92. The van der Waals surface area contributed by atoms with Gasteiger partial charge in [-0.15, -0.1) is 0 Å². The molecule has 1 aliphatic heterocycles. The van der Waals surface area contributed by atoms with Gasteiger partial charge in [-0.05, 0) is 43.7 Å². The smallest absolute Gasteiger partial charge is 0.328 e. The third-order valence-electron chi connectivity index (χ3n) is 8.60. The Morgan fingerprint density at radius 3 is 2.24 bits per heavy atom. The van der Waals surface area contributed by atoms with Gasteiger partial charge < -0.3 is 25.2 Å². The van der Waals surface area contributed by atoms with Gasteiger partial charge in [0.15, 0.2) is 0 Å². The summed E-state index contributed by atoms with van der Waals surface area (Å²) >= 11 is 0. The van der Waals surface area contributed by atoms with Crippen LogP contribution in [0.5, 0.6) is 0 Å². The molecule has 0 aliphatic carbocycles. The second-order valence-electron chi connectivity index (χ2n) is 13.3. The highest BCUT2D eigenvalue weighted by Crippen LogP contribution is 2.29. The van der Waals surface area contributed by atoms with Gasteiger partial charge in [-0.25, -0.2) is 4.79 Å². The van der Waals surface area contributed by atoms with Crippen LogP contribution in [0, 0.1) is 11.3 Å². The minimum atomic E-state index is -0.553. The largest absolute Gasteiger partial charge is 0.467 e. The fourth-order valence-corrected chi connectivity index (χ4v) is 5.83.